The van der Waals surface area contributed by atoms with Crippen LogP contribution in [0.25, 0.3) is 0 Å². The predicted octanol–water partition coefficient (Wildman–Crippen LogP) is 2.95. The number of hydrogen-bond donors (Lipinski definition) is 1. The van der Waals surface area contributed by atoms with E-state index in [9.17, 15) is 0 Å². The van der Waals surface area contributed by atoms with Gasteiger partial charge in [-0.3, -0.25) is 4.98 Å². The molecular weight excluding hydrogens is 252 g/mol. The number of nitrogens with two attached hydrogens (primary N) is 1. The zero-order chi connectivity index (χ0) is 14.4. The van der Waals surface area contributed by atoms with Crippen molar-refractivity contribution in [1.82, 2.24) is 4.98 Å². The van der Waals surface area contributed by atoms with E-state index in [0.717, 1.165) is 17.1 Å². The molecule has 0 aliphatic heterocycles. The van der Waals surface area contributed by atoms with Crippen LogP contribution in [0.1, 0.15) is 25.5 Å². The van der Waals surface area contributed by atoms with Gasteiger partial charge in [-0.15, -0.1) is 0 Å². The average molecular weight is 272 g/mol. The highest BCUT2D eigenvalue weighted by Gasteiger charge is 2.09. The van der Waals surface area contributed by atoms with Crippen molar-refractivity contribution in [3.63, 3.8) is 0 Å². The van der Waals surface area contributed by atoms with Gasteiger partial charge in [-0.1, -0.05) is 18.2 Å². The molecule has 20 heavy (non-hydrogen) atoms. The Morgan fingerprint density at radius 3 is 2.55 bits per heavy atom. The molecule has 1 aromatic heterocycles. The van der Waals surface area contributed by atoms with Crippen molar-refractivity contribution < 1.29 is 9.47 Å². The molecule has 0 fully saturated rings. The molecule has 2 rings (SSSR count). The van der Waals surface area contributed by atoms with Crippen molar-refractivity contribution in [1.29, 1.82) is 0 Å². The van der Waals surface area contributed by atoms with Crippen LogP contribution in [0.4, 0.5) is 0 Å². The summed E-state index contributed by atoms with van der Waals surface area (Å²) in [5.41, 5.74) is 7.02. The lowest BCUT2D eigenvalue weighted by Gasteiger charge is -2.15. The Labute approximate surface area is 119 Å². The molecule has 106 valence electrons. The number of para-hydroxylation sites is 1. The molecule has 1 heterocycles. The van der Waals surface area contributed by atoms with Gasteiger partial charge in [0, 0.05) is 6.20 Å². The van der Waals surface area contributed by atoms with Crippen molar-refractivity contribution in [2.45, 2.75) is 26.0 Å². The van der Waals surface area contributed by atoms with E-state index in [2.05, 4.69) is 4.98 Å². The number of hydrogen-bond acceptors (Lipinski definition) is 4. The Balaban J connectivity index is 1.96. The second-order valence-electron chi connectivity index (χ2n) is 4.85. The maximum Gasteiger partial charge on any atom is 0.138 e. The fourth-order valence-electron chi connectivity index (χ4n) is 1.77. The zero-order valence-electron chi connectivity index (χ0n) is 11.8. The zero-order valence-corrected chi connectivity index (χ0v) is 11.8. The quantitative estimate of drug-likeness (QED) is 0.878. The van der Waals surface area contributed by atoms with Gasteiger partial charge in [0.25, 0.3) is 0 Å². The molecule has 0 bridgehead atoms. The standard InChI is InChI=1S/C16H20N2O2/c1-12(2)20-15-8-13(9-18-10-15)16(17)11-19-14-6-4-3-5-7-14/h3-10,12,16H,11,17H2,1-2H3. The first-order chi connectivity index (χ1) is 9.65. The third-order valence-electron chi connectivity index (χ3n) is 2.71. The van der Waals surface area contributed by atoms with Crippen LogP contribution >= 0.6 is 0 Å². The van der Waals surface area contributed by atoms with Gasteiger partial charge in [0.1, 0.15) is 18.1 Å². The molecule has 0 saturated heterocycles. The van der Waals surface area contributed by atoms with Crippen molar-refractivity contribution >= 4 is 0 Å². The second-order valence-corrected chi connectivity index (χ2v) is 4.85. The topological polar surface area (TPSA) is 57.4 Å². The van der Waals surface area contributed by atoms with Crippen molar-refractivity contribution in [3.8, 4) is 11.5 Å². The molecular formula is C16H20N2O2. The van der Waals surface area contributed by atoms with Crippen LogP contribution < -0.4 is 15.2 Å². The highest BCUT2D eigenvalue weighted by molar-refractivity contribution is 5.26. The van der Waals surface area contributed by atoms with Crippen LogP contribution in [0.15, 0.2) is 48.8 Å². The fraction of sp³-hybridized carbons (Fsp3) is 0.312. The highest BCUT2D eigenvalue weighted by Crippen LogP contribution is 2.18. The van der Waals surface area contributed by atoms with E-state index < -0.39 is 0 Å². The molecule has 1 unspecified atom stereocenters. The summed E-state index contributed by atoms with van der Waals surface area (Å²) >= 11 is 0. The van der Waals surface area contributed by atoms with Gasteiger partial charge >= 0.3 is 0 Å². The number of ether oxygens (including phenoxy) is 2. The van der Waals surface area contributed by atoms with Crippen LogP contribution in [0, 0.1) is 0 Å². The number of rotatable bonds is 6. The van der Waals surface area contributed by atoms with Crippen molar-refractivity contribution in [3.05, 3.63) is 54.4 Å². The highest BCUT2D eigenvalue weighted by atomic mass is 16.5. The lowest BCUT2D eigenvalue weighted by molar-refractivity contribution is 0.240. The molecule has 0 aliphatic rings. The maximum absolute atomic E-state index is 6.12. The Morgan fingerprint density at radius 1 is 1.10 bits per heavy atom. The molecule has 1 atom stereocenters. The first-order valence-electron chi connectivity index (χ1n) is 6.70. The summed E-state index contributed by atoms with van der Waals surface area (Å²) in [6.45, 7) is 4.35. The predicted molar refractivity (Wildman–Crippen MR) is 78.9 cm³/mol. The van der Waals surface area contributed by atoms with E-state index >= 15 is 0 Å². The van der Waals surface area contributed by atoms with Crippen LogP contribution in [-0.2, 0) is 0 Å². The molecule has 0 radical (unpaired) electrons. The second kappa shape index (κ2) is 6.91. The average Bonchev–Trinajstić information content (AvgIpc) is 2.45. The first kappa shape index (κ1) is 14.3. The molecule has 0 amide bonds. The van der Waals surface area contributed by atoms with E-state index in [1.807, 2.05) is 50.2 Å². The van der Waals surface area contributed by atoms with Gasteiger partial charge in [0.2, 0.25) is 0 Å². The monoisotopic (exact) mass is 272 g/mol. The van der Waals surface area contributed by atoms with Gasteiger partial charge < -0.3 is 15.2 Å². The number of aromatic nitrogens is 1. The largest absolute Gasteiger partial charge is 0.492 e. The molecule has 0 saturated carbocycles. The van der Waals surface area contributed by atoms with E-state index in [0.29, 0.717) is 6.61 Å². The maximum atomic E-state index is 6.12. The lowest BCUT2D eigenvalue weighted by Crippen LogP contribution is -2.19. The minimum Gasteiger partial charge on any atom is -0.492 e. The Bertz CT molecular complexity index is 529. The molecule has 0 aliphatic carbocycles. The summed E-state index contributed by atoms with van der Waals surface area (Å²) in [5.74, 6) is 1.54. The lowest BCUT2D eigenvalue weighted by atomic mass is 10.1. The molecule has 0 spiro atoms. The van der Waals surface area contributed by atoms with Crippen molar-refractivity contribution in [2.24, 2.45) is 5.73 Å². The first-order valence-corrected chi connectivity index (χ1v) is 6.70. The van der Waals surface area contributed by atoms with Crippen LogP contribution in [-0.4, -0.2) is 17.7 Å². The fourth-order valence-corrected chi connectivity index (χ4v) is 1.77. The summed E-state index contributed by atoms with van der Waals surface area (Å²) in [4.78, 5) is 4.15. The minimum atomic E-state index is -0.238. The summed E-state index contributed by atoms with van der Waals surface area (Å²) < 4.78 is 11.3. The smallest absolute Gasteiger partial charge is 0.138 e. The molecule has 4 heteroatoms. The third-order valence-corrected chi connectivity index (χ3v) is 2.71. The van der Waals surface area contributed by atoms with Crippen LogP contribution in [0.3, 0.4) is 0 Å². The van der Waals surface area contributed by atoms with E-state index in [1.54, 1.807) is 12.4 Å². The summed E-state index contributed by atoms with van der Waals surface area (Å²) in [6, 6.07) is 11.3. The SMILES string of the molecule is CC(C)Oc1cncc(C(N)COc2ccccc2)c1. The summed E-state index contributed by atoms with van der Waals surface area (Å²) in [7, 11) is 0. The van der Waals surface area contributed by atoms with Crippen molar-refractivity contribution in [2.75, 3.05) is 6.61 Å². The molecule has 1 aromatic carbocycles. The molecule has 2 aromatic rings. The number of nitrogens with zero attached hydrogens (tertiary/aromatic N) is 1. The van der Waals surface area contributed by atoms with Crippen LogP contribution in [0.2, 0.25) is 0 Å². The van der Waals surface area contributed by atoms with Gasteiger partial charge in [-0.2, -0.15) is 0 Å². The van der Waals surface area contributed by atoms with E-state index in [-0.39, 0.29) is 12.1 Å². The Hall–Kier alpha value is -2.07. The van der Waals surface area contributed by atoms with Crippen LogP contribution in [0.5, 0.6) is 11.5 Å². The Kier molecular flexibility index (Phi) is 4.96. The molecule has 4 nitrogen and oxygen atoms in total. The number of benzene rings is 1. The summed E-state index contributed by atoms with van der Waals surface area (Å²) in [5, 5.41) is 0. The van der Waals surface area contributed by atoms with E-state index in [4.69, 9.17) is 15.2 Å². The number of pyridine rings is 1. The van der Waals surface area contributed by atoms with Gasteiger partial charge in [0.15, 0.2) is 0 Å². The van der Waals surface area contributed by atoms with Gasteiger partial charge in [-0.05, 0) is 37.6 Å². The summed E-state index contributed by atoms with van der Waals surface area (Å²) in [6.07, 6.45) is 3.55. The third kappa shape index (κ3) is 4.24. The van der Waals surface area contributed by atoms with E-state index in [1.165, 1.54) is 0 Å². The van der Waals surface area contributed by atoms with Gasteiger partial charge in [0.05, 0.1) is 18.3 Å². The Morgan fingerprint density at radius 2 is 1.85 bits per heavy atom. The molecule has 2 N–H and O–H groups in total. The van der Waals surface area contributed by atoms with Gasteiger partial charge in [-0.25, -0.2) is 0 Å². The minimum absolute atomic E-state index is 0.115. The normalized spacial score (nSPS) is 12.2.